The number of fused-ring (bicyclic) bond motifs is 1. The Hall–Kier alpha value is -0.820. The second-order valence-corrected chi connectivity index (χ2v) is 4.69. The number of aliphatic hydroxyl groups is 1. The van der Waals surface area contributed by atoms with Gasteiger partial charge in [-0.25, -0.2) is 0 Å². The Balaban J connectivity index is 2.26. The predicted octanol–water partition coefficient (Wildman–Crippen LogP) is 2.86. The highest BCUT2D eigenvalue weighted by molar-refractivity contribution is 5.37. The fourth-order valence-corrected chi connectivity index (χ4v) is 2.23. The topological polar surface area (TPSA) is 20.2 Å². The van der Waals surface area contributed by atoms with Crippen molar-refractivity contribution in [3.05, 3.63) is 34.9 Å². The minimum atomic E-state index is -0.211. The van der Waals surface area contributed by atoms with Crippen LogP contribution in [-0.4, -0.2) is 5.11 Å². The van der Waals surface area contributed by atoms with Gasteiger partial charge in [0.05, 0.1) is 6.10 Å². The maximum absolute atomic E-state index is 9.74. The number of aliphatic hydroxyl groups excluding tert-OH is 1. The van der Waals surface area contributed by atoms with E-state index < -0.39 is 0 Å². The summed E-state index contributed by atoms with van der Waals surface area (Å²) in [5.74, 6) is 0.687. The minimum Gasteiger partial charge on any atom is -0.388 e. The molecule has 0 saturated heterocycles. The first kappa shape index (κ1) is 9.72. The van der Waals surface area contributed by atoms with E-state index >= 15 is 0 Å². The van der Waals surface area contributed by atoms with Crippen molar-refractivity contribution in [2.24, 2.45) is 5.92 Å². The van der Waals surface area contributed by atoms with E-state index in [0.717, 1.165) is 19.3 Å². The van der Waals surface area contributed by atoms with Crippen molar-refractivity contribution in [1.29, 1.82) is 0 Å². The predicted molar refractivity (Wildman–Crippen MR) is 58.3 cm³/mol. The molecule has 0 amide bonds. The lowest BCUT2D eigenvalue weighted by molar-refractivity contribution is 0.180. The Morgan fingerprint density at radius 2 is 2.21 bits per heavy atom. The summed E-state index contributed by atoms with van der Waals surface area (Å²) in [6.45, 7) is 4.45. The normalized spacial score (nSPS) is 20.1. The summed E-state index contributed by atoms with van der Waals surface area (Å²) >= 11 is 0. The molecule has 1 nitrogen and oxygen atoms in total. The van der Waals surface area contributed by atoms with Crippen molar-refractivity contribution < 1.29 is 5.11 Å². The zero-order valence-electron chi connectivity index (χ0n) is 8.96. The van der Waals surface area contributed by atoms with Gasteiger partial charge in [-0.15, -0.1) is 0 Å². The van der Waals surface area contributed by atoms with Gasteiger partial charge in [-0.05, 0) is 41.9 Å². The van der Waals surface area contributed by atoms with E-state index in [2.05, 4.69) is 32.0 Å². The van der Waals surface area contributed by atoms with Crippen molar-refractivity contribution in [3.63, 3.8) is 0 Å². The van der Waals surface area contributed by atoms with Gasteiger partial charge in [0.1, 0.15) is 0 Å². The van der Waals surface area contributed by atoms with Gasteiger partial charge < -0.3 is 5.11 Å². The molecule has 1 aliphatic carbocycles. The average Bonchev–Trinajstić information content (AvgIpc) is 2.47. The van der Waals surface area contributed by atoms with Crippen LogP contribution in [-0.2, 0) is 12.8 Å². The zero-order chi connectivity index (χ0) is 10.1. The van der Waals surface area contributed by atoms with Crippen LogP contribution in [0.15, 0.2) is 18.2 Å². The third-order valence-electron chi connectivity index (χ3n) is 2.90. The molecule has 0 spiro atoms. The monoisotopic (exact) mass is 190 g/mol. The molecule has 1 N–H and O–H groups in total. The van der Waals surface area contributed by atoms with Gasteiger partial charge in [0.2, 0.25) is 0 Å². The van der Waals surface area contributed by atoms with Crippen molar-refractivity contribution >= 4 is 0 Å². The molecule has 0 bridgehead atoms. The minimum absolute atomic E-state index is 0.211. The Kier molecular flexibility index (Phi) is 2.60. The van der Waals surface area contributed by atoms with Crippen LogP contribution in [0.2, 0.25) is 0 Å². The van der Waals surface area contributed by atoms with E-state index in [4.69, 9.17) is 0 Å². The molecule has 0 saturated carbocycles. The van der Waals surface area contributed by atoms with Crippen LogP contribution in [0.1, 0.15) is 43.1 Å². The van der Waals surface area contributed by atoms with Crippen molar-refractivity contribution in [1.82, 2.24) is 0 Å². The SMILES string of the molecule is CC(C)Cc1ccc2c(c1)C(O)CC2. The molecule has 1 aromatic carbocycles. The lowest BCUT2D eigenvalue weighted by Gasteiger charge is -2.09. The molecule has 1 atom stereocenters. The fraction of sp³-hybridized carbons (Fsp3) is 0.538. The average molecular weight is 190 g/mol. The van der Waals surface area contributed by atoms with Gasteiger partial charge in [-0.2, -0.15) is 0 Å². The van der Waals surface area contributed by atoms with Crippen LogP contribution < -0.4 is 0 Å². The molecule has 1 aromatic rings. The number of hydrogen-bond donors (Lipinski definition) is 1. The molecular weight excluding hydrogens is 172 g/mol. The van der Waals surface area contributed by atoms with E-state index in [1.165, 1.54) is 16.7 Å². The largest absolute Gasteiger partial charge is 0.388 e. The molecule has 0 radical (unpaired) electrons. The van der Waals surface area contributed by atoms with Crippen LogP contribution in [0.5, 0.6) is 0 Å². The Bertz CT molecular complexity index is 328. The summed E-state index contributed by atoms with van der Waals surface area (Å²) in [5, 5.41) is 9.74. The molecule has 0 fully saturated rings. The summed E-state index contributed by atoms with van der Waals surface area (Å²) in [6, 6.07) is 6.58. The summed E-state index contributed by atoms with van der Waals surface area (Å²) < 4.78 is 0. The molecule has 0 aliphatic heterocycles. The molecule has 14 heavy (non-hydrogen) atoms. The highest BCUT2D eigenvalue weighted by Crippen LogP contribution is 2.31. The molecule has 1 heteroatoms. The maximum atomic E-state index is 9.74. The quantitative estimate of drug-likeness (QED) is 0.760. The molecule has 0 heterocycles. The first-order chi connectivity index (χ1) is 6.66. The second-order valence-electron chi connectivity index (χ2n) is 4.69. The Morgan fingerprint density at radius 1 is 1.43 bits per heavy atom. The van der Waals surface area contributed by atoms with Crippen LogP contribution in [0.3, 0.4) is 0 Å². The molecule has 76 valence electrons. The van der Waals surface area contributed by atoms with Crippen molar-refractivity contribution in [2.75, 3.05) is 0 Å². The number of benzene rings is 1. The highest BCUT2D eigenvalue weighted by atomic mass is 16.3. The van der Waals surface area contributed by atoms with E-state index in [1.54, 1.807) is 0 Å². The number of hydrogen-bond acceptors (Lipinski definition) is 1. The van der Waals surface area contributed by atoms with Crippen molar-refractivity contribution in [3.8, 4) is 0 Å². The van der Waals surface area contributed by atoms with Crippen LogP contribution in [0, 0.1) is 5.92 Å². The lowest BCUT2D eigenvalue weighted by atomic mass is 9.99. The first-order valence-electron chi connectivity index (χ1n) is 5.46. The van der Waals surface area contributed by atoms with Gasteiger partial charge in [0.15, 0.2) is 0 Å². The van der Waals surface area contributed by atoms with Gasteiger partial charge >= 0.3 is 0 Å². The van der Waals surface area contributed by atoms with E-state index in [0.29, 0.717) is 5.92 Å². The van der Waals surface area contributed by atoms with Gasteiger partial charge in [0.25, 0.3) is 0 Å². The Labute approximate surface area is 85.8 Å². The molecule has 2 rings (SSSR count). The smallest absolute Gasteiger partial charge is 0.0796 e. The van der Waals surface area contributed by atoms with Gasteiger partial charge in [0, 0.05) is 0 Å². The third kappa shape index (κ3) is 1.83. The molecular formula is C13H18O. The van der Waals surface area contributed by atoms with E-state index in [9.17, 15) is 5.11 Å². The highest BCUT2D eigenvalue weighted by Gasteiger charge is 2.19. The third-order valence-corrected chi connectivity index (χ3v) is 2.90. The lowest BCUT2D eigenvalue weighted by Crippen LogP contribution is -1.97. The number of aryl methyl sites for hydroxylation is 1. The molecule has 1 aliphatic rings. The van der Waals surface area contributed by atoms with Gasteiger partial charge in [-0.3, -0.25) is 0 Å². The van der Waals surface area contributed by atoms with Crippen LogP contribution >= 0.6 is 0 Å². The fourth-order valence-electron chi connectivity index (χ4n) is 2.23. The second kappa shape index (κ2) is 3.74. The summed E-state index contributed by atoms with van der Waals surface area (Å²) in [4.78, 5) is 0. The van der Waals surface area contributed by atoms with Crippen molar-refractivity contribution in [2.45, 2.75) is 39.2 Å². The standard InChI is InChI=1S/C13H18O/c1-9(2)7-10-3-4-11-5-6-13(14)12(11)8-10/h3-4,8-9,13-14H,5-7H2,1-2H3. The molecule has 1 unspecified atom stereocenters. The van der Waals surface area contributed by atoms with Crippen LogP contribution in [0.25, 0.3) is 0 Å². The summed E-state index contributed by atoms with van der Waals surface area (Å²) in [5.41, 5.74) is 3.87. The maximum Gasteiger partial charge on any atom is 0.0796 e. The molecule has 0 aromatic heterocycles. The zero-order valence-corrected chi connectivity index (χ0v) is 8.96. The number of rotatable bonds is 2. The van der Waals surface area contributed by atoms with E-state index in [-0.39, 0.29) is 6.10 Å². The summed E-state index contributed by atoms with van der Waals surface area (Å²) in [6.07, 6.45) is 2.84. The Morgan fingerprint density at radius 3 is 2.93 bits per heavy atom. The van der Waals surface area contributed by atoms with E-state index in [1.807, 2.05) is 0 Å². The van der Waals surface area contributed by atoms with Crippen LogP contribution in [0.4, 0.5) is 0 Å². The van der Waals surface area contributed by atoms with Gasteiger partial charge in [-0.1, -0.05) is 32.0 Å². The summed E-state index contributed by atoms with van der Waals surface area (Å²) in [7, 11) is 0. The first-order valence-corrected chi connectivity index (χ1v) is 5.46.